The number of amides is 1. The van der Waals surface area contributed by atoms with Crippen molar-refractivity contribution in [1.29, 1.82) is 0 Å². The Morgan fingerprint density at radius 1 is 1.17 bits per heavy atom. The summed E-state index contributed by atoms with van der Waals surface area (Å²) in [6.45, 7) is 2.09. The summed E-state index contributed by atoms with van der Waals surface area (Å²) < 4.78 is 7.15. The predicted molar refractivity (Wildman–Crippen MR) is 139 cm³/mol. The van der Waals surface area contributed by atoms with Gasteiger partial charge < -0.3 is 26.0 Å². The molecule has 8 nitrogen and oxygen atoms in total. The molecule has 2 unspecified atom stereocenters. The Morgan fingerprint density at radius 3 is 2.80 bits per heavy atom. The van der Waals surface area contributed by atoms with Gasteiger partial charge in [-0.05, 0) is 80.4 Å². The molecule has 35 heavy (non-hydrogen) atoms. The average molecular weight is 491 g/mol. The SMILES string of the molecule is CN1CCC[C@@H](Oc2ccc(Nc3nc(N[C@H]4C5C=CC(C5)[C@@H]4C(N)=O)c4sccc4n3)cc2)C1. The summed E-state index contributed by atoms with van der Waals surface area (Å²) in [6.07, 6.45) is 7.77. The summed E-state index contributed by atoms with van der Waals surface area (Å²) in [5.41, 5.74) is 7.52. The predicted octanol–water partition coefficient (Wildman–Crippen LogP) is 4.00. The molecule has 4 N–H and O–H groups in total. The van der Waals surface area contributed by atoms with E-state index in [4.69, 9.17) is 20.4 Å². The Balaban J connectivity index is 1.20. The van der Waals surface area contributed by atoms with Crippen molar-refractivity contribution in [1.82, 2.24) is 14.9 Å². The third kappa shape index (κ3) is 4.46. The zero-order valence-electron chi connectivity index (χ0n) is 19.7. The Bertz CT molecular complexity index is 1260. The number of piperidine rings is 1. The lowest BCUT2D eigenvalue weighted by Gasteiger charge is -2.30. The topological polar surface area (TPSA) is 105 Å². The lowest BCUT2D eigenvalue weighted by Crippen LogP contribution is -2.41. The fourth-order valence-electron chi connectivity index (χ4n) is 5.74. The lowest BCUT2D eigenvalue weighted by molar-refractivity contribution is -0.122. The zero-order chi connectivity index (χ0) is 23.9. The van der Waals surface area contributed by atoms with Crippen molar-refractivity contribution < 1.29 is 9.53 Å². The molecule has 1 aromatic carbocycles. The van der Waals surface area contributed by atoms with Crippen LogP contribution < -0.4 is 21.1 Å². The first-order chi connectivity index (χ1) is 17.0. The van der Waals surface area contributed by atoms with Crippen molar-refractivity contribution in [2.45, 2.75) is 31.4 Å². The number of aromatic nitrogens is 2. The van der Waals surface area contributed by atoms with Crippen LogP contribution in [0.4, 0.5) is 17.5 Å². The molecule has 2 aromatic heterocycles. The van der Waals surface area contributed by atoms with E-state index in [0.29, 0.717) is 5.95 Å². The molecule has 1 amide bonds. The van der Waals surface area contributed by atoms with Gasteiger partial charge in [-0.15, -0.1) is 11.3 Å². The van der Waals surface area contributed by atoms with E-state index in [2.05, 4.69) is 34.7 Å². The Kier molecular flexibility index (Phi) is 5.82. The zero-order valence-corrected chi connectivity index (χ0v) is 20.5. The summed E-state index contributed by atoms with van der Waals surface area (Å²) in [6, 6.07) is 9.88. The number of carbonyl (C=O) groups excluding carboxylic acids is 1. The molecule has 2 aliphatic carbocycles. The number of allylic oxidation sites excluding steroid dienone is 1. The molecule has 182 valence electrons. The minimum absolute atomic E-state index is 0.0502. The van der Waals surface area contributed by atoms with Crippen LogP contribution >= 0.6 is 11.3 Å². The number of carbonyl (C=O) groups is 1. The number of likely N-dealkylation sites (tertiary alicyclic amines) is 1. The molecule has 5 atom stereocenters. The summed E-state index contributed by atoms with van der Waals surface area (Å²) in [7, 11) is 2.14. The normalized spacial score (nSPS) is 27.9. The Labute approximate surface area is 208 Å². The molecule has 2 bridgehead atoms. The van der Waals surface area contributed by atoms with E-state index in [-0.39, 0.29) is 35.8 Å². The van der Waals surface area contributed by atoms with Gasteiger partial charge in [-0.3, -0.25) is 4.79 Å². The van der Waals surface area contributed by atoms with Crippen molar-refractivity contribution in [2.24, 2.45) is 23.5 Å². The van der Waals surface area contributed by atoms with Gasteiger partial charge >= 0.3 is 0 Å². The maximum Gasteiger partial charge on any atom is 0.229 e. The number of thiophene rings is 1. The molecule has 1 saturated heterocycles. The van der Waals surface area contributed by atoms with Gasteiger partial charge in [0.2, 0.25) is 11.9 Å². The molecule has 0 spiro atoms. The fraction of sp³-hybridized carbons (Fsp3) is 0.423. The van der Waals surface area contributed by atoms with Crippen molar-refractivity contribution in [2.75, 3.05) is 30.8 Å². The van der Waals surface area contributed by atoms with Crippen LogP contribution in [0.25, 0.3) is 10.2 Å². The third-order valence-corrected chi connectivity index (χ3v) is 8.30. The highest BCUT2D eigenvalue weighted by Crippen LogP contribution is 2.45. The second-order valence-electron chi connectivity index (χ2n) is 9.87. The smallest absolute Gasteiger partial charge is 0.229 e. The number of primary amides is 1. The number of anilines is 3. The van der Waals surface area contributed by atoms with E-state index >= 15 is 0 Å². The highest BCUT2D eigenvalue weighted by Gasteiger charge is 2.47. The summed E-state index contributed by atoms with van der Waals surface area (Å²) >= 11 is 1.59. The average Bonchev–Trinajstić information content (AvgIpc) is 3.57. The number of nitrogens with two attached hydrogens (primary N) is 1. The largest absolute Gasteiger partial charge is 0.489 e. The van der Waals surface area contributed by atoms with Gasteiger partial charge in [0.25, 0.3) is 0 Å². The molecule has 0 radical (unpaired) electrons. The van der Waals surface area contributed by atoms with Gasteiger partial charge in [0, 0.05) is 18.3 Å². The minimum atomic E-state index is -0.253. The molecule has 1 saturated carbocycles. The second kappa shape index (κ2) is 9.13. The van der Waals surface area contributed by atoms with Crippen LogP contribution in [-0.4, -0.2) is 53.1 Å². The molecular formula is C26H30N6O2S. The first-order valence-corrected chi connectivity index (χ1v) is 13.1. The second-order valence-corrected chi connectivity index (χ2v) is 10.8. The maximum atomic E-state index is 12.2. The fourth-order valence-corrected chi connectivity index (χ4v) is 6.52. The van der Waals surface area contributed by atoms with Crippen molar-refractivity contribution in [3.8, 4) is 5.75 Å². The van der Waals surface area contributed by atoms with Crippen molar-refractivity contribution in [3.05, 3.63) is 47.9 Å². The van der Waals surface area contributed by atoms with Crippen LogP contribution in [0.15, 0.2) is 47.9 Å². The third-order valence-electron chi connectivity index (χ3n) is 7.39. The molecule has 6 rings (SSSR count). The number of nitrogens with one attached hydrogen (secondary N) is 2. The standard InChI is InChI=1S/C26H30N6O2S/c1-32-11-2-3-19(14-32)34-18-8-6-17(7-9-18)28-26-29-20-10-12-35-23(20)25(31-26)30-22-16-5-4-15(13-16)21(22)24(27)33/h4-10,12,15-16,19,21-22H,2-3,11,13-14H2,1H3,(H2,27,33)(H2,28,29,30,31)/t15?,16?,19-,21+,22+/m1/s1. The van der Waals surface area contributed by atoms with Gasteiger partial charge in [-0.25, -0.2) is 4.98 Å². The first-order valence-electron chi connectivity index (χ1n) is 12.3. The Hall–Kier alpha value is -3.17. The summed E-state index contributed by atoms with van der Waals surface area (Å²) in [5, 5.41) is 8.90. The van der Waals surface area contributed by atoms with E-state index < -0.39 is 0 Å². The minimum Gasteiger partial charge on any atom is -0.489 e. The lowest BCUT2D eigenvalue weighted by atomic mass is 9.88. The monoisotopic (exact) mass is 490 g/mol. The number of hydrogen-bond acceptors (Lipinski definition) is 8. The number of nitrogens with zero attached hydrogens (tertiary/aromatic N) is 3. The van der Waals surface area contributed by atoms with E-state index in [1.165, 1.54) is 0 Å². The van der Waals surface area contributed by atoms with Gasteiger partial charge in [0.05, 0.1) is 16.1 Å². The van der Waals surface area contributed by atoms with Gasteiger partial charge in [0.1, 0.15) is 17.7 Å². The number of likely N-dealkylation sites (N-methyl/N-ethyl adjacent to an activating group) is 1. The molecule has 3 heterocycles. The number of benzene rings is 1. The molecule has 1 aliphatic heterocycles. The number of ether oxygens (including phenoxy) is 1. The molecular weight excluding hydrogens is 460 g/mol. The molecule has 9 heteroatoms. The van der Waals surface area contributed by atoms with Crippen LogP contribution in [0.1, 0.15) is 19.3 Å². The quantitative estimate of drug-likeness (QED) is 0.430. The van der Waals surface area contributed by atoms with E-state index in [0.717, 1.165) is 59.8 Å². The summed E-state index contributed by atoms with van der Waals surface area (Å²) in [4.78, 5) is 24.0. The van der Waals surface area contributed by atoms with Gasteiger partial charge in [-0.2, -0.15) is 4.98 Å². The summed E-state index contributed by atoms with van der Waals surface area (Å²) in [5.74, 6) is 2.15. The van der Waals surface area contributed by atoms with Crippen LogP contribution in [0.3, 0.4) is 0 Å². The van der Waals surface area contributed by atoms with Crippen molar-refractivity contribution >= 4 is 44.9 Å². The van der Waals surface area contributed by atoms with E-state index in [1.54, 1.807) is 11.3 Å². The van der Waals surface area contributed by atoms with Crippen LogP contribution in [-0.2, 0) is 4.79 Å². The van der Waals surface area contributed by atoms with E-state index in [1.807, 2.05) is 35.7 Å². The number of fused-ring (bicyclic) bond motifs is 3. The van der Waals surface area contributed by atoms with Gasteiger partial charge in [0.15, 0.2) is 0 Å². The van der Waals surface area contributed by atoms with E-state index in [9.17, 15) is 4.79 Å². The van der Waals surface area contributed by atoms with Crippen LogP contribution in [0, 0.1) is 17.8 Å². The first kappa shape index (κ1) is 22.3. The molecule has 3 aromatic rings. The molecule has 3 aliphatic rings. The van der Waals surface area contributed by atoms with Gasteiger partial charge in [-0.1, -0.05) is 12.2 Å². The number of rotatable bonds is 7. The highest BCUT2D eigenvalue weighted by molar-refractivity contribution is 7.17. The molecule has 2 fully saturated rings. The number of hydrogen-bond donors (Lipinski definition) is 3. The van der Waals surface area contributed by atoms with Crippen LogP contribution in [0.5, 0.6) is 5.75 Å². The van der Waals surface area contributed by atoms with Crippen molar-refractivity contribution in [3.63, 3.8) is 0 Å². The van der Waals surface area contributed by atoms with Crippen LogP contribution in [0.2, 0.25) is 0 Å². The maximum absolute atomic E-state index is 12.2. The highest BCUT2D eigenvalue weighted by atomic mass is 32.1. The Morgan fingerprint density at radius 2 is 2.00 bits per heavy atom.